The van der Waals surface area contributed by atoms with Crippen molar-refractivity contribution in [1.82, 2.24) is 15.0 Å². The molecule has 30 heavy (non-hydrogen) atoms. The van der Waals surface area contributed by atoms with Gasteiger partial charge in [0.1, 0.15) is 5.70 Å². The number of allylic oxidation sites excluding steroid dienone is 1. The zero-order chi connectivity index (χ0) is 21.2. The highest BCUT2D eigenvalue weighted by molar-refractivity contribution is 6.42. The lowest BCUT2D eigenvalue weighted by Crippen LogP contribution is -2.31. The van der Waals surface area contributed by atoms with Crippen molar-refractivity contribution < 1.29 is 9.59 Å². The quantitative estimate of drug-likeness (QED) is 0.328. The van der Waals surface area contributed by atoms with Crippen LogP contribution in [0.3, 0.4) is 0 Å². The molecule has 3 aromatic heterocycles. The topological polar surface area (TPSA) is 135 Å². The Labute approximate surface area is 172 Å². The lowest BCUT2D eigenvalue weighted by atomic mass is 10.2. The number of nitrogens with one attached hydrogen (secondary N) is 2. The van der Waals surface area contributed by atoms with Crippen molar-refractivity contribution in [3.8, 4) is 0 Å². The van der Waals surface area contributed by atoms with Crippen molar-refractivity contribution in [3.05, 3.63) is 90.9 Å². The number of hydrogen-bond donors (Lipinski definition) is 3. The van der Waals surface area contributed by atoms with Gasteiger partial charge in [-0.05, 0) is 48.4 Å². The molecule has 4 N–H and O–H groups in total. The third kappa shape index (κ3) is 6.06. The van der Waals surface area contributed by atoms with Crippen LogP contribution in [0.4, 0.5) is 11.4 Å². The molecule has 3 rings (SSSR count). The molecule has 9 nitrogen and oxygen atoms in total. The molecule has 0 saturated heterocycles. The predicted octanol–water partition coefficient (Wildman–Crippen LogP) is 1.93. The van der Waals surface area contributed by atoms with Gasteiger partial charge in [-0.3, -0.25) is 24.5 Å². The second-order valence-corrected chi connectivity index (χ2v) is 6.04. The van der Waals surface area contributed by atoms with Crippen LogP contribution in [-0.2, 0) is 16.0 Å². The number of nitrogens with zero attached hydrogens (tertiary/aromatic N) is 4. The van der Waals surface area contributed by atoms with Gasteiger partial charge in [0.15, 0.2) is 5.84 Å². The zero-order valence-corrected chi connectivity index (χ0v) is 15.9. The molecule has 0 saturated carbocycles. The summed E-state index contributed by atoms with van der Waals surface area (Å²) >= 11 is 0. The Bertz CT molecular complexity index is 1050. The highest BCUT2D eigenvalue weighted by Crippen LogP contribution is 2.10. The monoisotopic (exact) mass is 401 g/mol. The van der Waals surface area contributed by atoms with E-state index in [1.165, 1.54) is 12.4 Å². The molecule has 0 atom stereocenters. The molecule has 0 aliphatic carbocycles. The summed E-state index contributed by atoms with van der Waals surface area (Å²) in [5.74, 6) is -1.54. The maximum absolute atomic E-state index is 12.7. The average Bonchev–Trinajstić information content (AvgIpc) is 2.78. The van der Waals surface area contributed by atoms with Gasteiger partial charge in [0.25, 0.3) is 11.8 Å². The van der Waals surface area contributed by atoms with Gasteiger partial charge in [-0.2, -0.15) is 0 Å². The normalized spacial score (nSPS) is 11.6. The first-order valence-corrected chi connectivity index (χ1v) is 8.98. The molecule has 0 spiro atoms. The number of anilines is 2. The number of nitrogens with two attached hydrogens (primary N) is 1. The van der Waals surface area contributed by atoms with Crippen molar-refractivity contribution in [2.75, 3.05) is 10.6 Å². The summed E-state index contributed by atoms with van der Waals surface area (Å²) in [5.41, 5.74) is 7.65. The number of aliphatic imine (C=N–C) groups is 1. The molecule has 0 fully saturated rings. The van der Waals surface area contributed by atoms with E-state index in [0.29, 0.717) is 17.8 Å². The number of carbonyl (C=O) groups is 2. The van der Waals surface area contributed by atoms with Gasteiger partial charge in [-0.1, -0.05) is 6.07 Å². The van der Waals surface area contributed by atoms with E-state index in [-0.39, 0.29) is 11.5 Å². The van der Waals surface area contributed by atoms with Crippen molar-refractivity contribution in [3.63, 3.8) is 0 Å². The standard InChI is InChI=1S/C21H19N7O2/c22-19(21(30)27-17-6-3-11-25-14-17)28-18(8-7-15-4-1-9-23-12-15)20(29)26-16-5-2-10-24-13-16/h1-6,8-14H,7H2,(H2,22,28)(H,26,29)(H,27,30)/b18-8-. The first-order chi connectivity index (χ1) is 14.6. The molecule has 0 bridgehead atoms. The van der Waals surface area contributed by atoms with Crippen LogP contribution in [0.15, 0.2) is 90.3 Å². The molecule has 0 aromatic carbocycles. The van der Waals surface area contributed by atoms with Crippen molar-refractivity contribution in [2.45, 2.75) is 6.42 Å². The van der Waals surface area contributed by atoms with Gasteiger partial charge < -0.3 is 16.4 Å². The molecule has 0 radical (unpaired) electrons. The molecule has 0 aliphatic rings. The predicted molar refractivity (Wildman–Crippen MR) is 113 cm³/mol. The SMILES string of the molecule is NC(=N/C(=C\Cc1cccnc1)C(=O)Nc1cccnc1)C(=O)Nc1cccnc1. The minimum atomic E-state index is -0.649. The van der Waals surface area contributed by atoms with E-state index in [0.717, 1.165) is 5.56 Å². The second kappa shape index (κ2) is 10.2. The first-order valence-electron chi connectivity index (χ1n) is 8.98. The summed E-state index contributed by atoms with van der Waals surface area (Å²) < 4.78 is 0. The van der Waals surface area contributed by atoms with Crippen molar-refractivity contribution in [1.29, 1.82) is 0 Å². The van der Waals surface area contributed by atoms with Gasteiger partial charge in [0.05, 0.1) is 23.8 Å². The maximum atomic E-state index is 12.7. The molecule has 0 aliphatic heterocycles. The van der Waals surface area contributed by atoms with Gasteiger partial charge in [0.2, 0.25) is 0 Å². The number of hydrogen-bond acceptors (Lipinski definition) is 6. The van der Waals surface area contributed by atoms with E-state index < -0.39 is 11.8 Å². The fourth-order valence-corrected chi connectivity index (χ4v) is 2.37. The van der Waals surface area contributed by atoms with E-state index in [2.05, 4.69) is 30.6 Å². The third-order valence-electron chi connectivity index (χ3n) is 3.80. The Kier molecular flexibility index (Phi) is 6.93. The van der Waals surface area contributed by atoms with Crippen LogP contribution in [0.2, 0.25) is 0 Å². The molecular weight excluding hydrogens is 382 g/mol. The van der Waals surface area contributed by atoms with Gasteiger partial charge in [0, 0.05) is 24.8 Å². The Morgan fingerprint density at radius 2 is 1.43 bits per heavy atom. The lowest BCUT2D eigenvalue weighted by Gasteiger charge is -2.08. The van der Waals surface area contributed by atoms with E-state index >= 15 is 0 Å². The summed E-state index contributed by atoms with van der Waals surface area (Å²) in [7, 11) is 0. The summed E-state index contributed by atoms with van der Waals surface area (Å²) in [6.45, 7) is 0. The molecular formula is C21H19N7O2. The summed E-state index contributed by atoms with van der Waals surface area (Å²) in [4.78, 5) is 41.0. The summed E-state index contributed by atoms with van der Waals surface area (Å²) in [6, 6.07) is 10.4. The molecule has 2 amide bonds. The van der Waals surface area contributed by atoms with Crippen LogP contribution in [-0.4, -0.2) is 32.6 Å². The fraction of sp³-hybridized carbons (Fsp3) is 0.0476. The summed E-state index contributed by atoms with van der Waals surface area (Å²) in [5, 5.41) is 5.26. The Morgan fingerprint density at radius 1 is 0.867 bits per heavy atom. The van der Waals surface area contributed by atoms with E-state index in [4.69, 9.17) is 5.73 Å². The number of aromatic nitrogens is 3. The number of pyridine rings is 3. The third-order valence-corrected chi connectivity index (χ3v) is 3.80. The summed E-state index contributed by atoms with van der Waals surface area (Å²) in [6.07, 6.45) is 11.4. The lowest BCUT2D eigenvalue weighted by molar-refractivity contribution is -0.112. The van der Waals surface area contributed by atoms with Gasteiger partial charge >= 0.3 is 0 Å². The highest BCUT2D eigenvalue weighted by Gasteiger charge is 2.14. The van der Waals surface area contributed by atoms with Gasteiger partial charge in [-0.25, -0.2) is 4.99 Å². The molecule has 9 heteroatoms. The molecule has 3 heterocycles. The van der Waals surface area contributed by atoms with E-state index in [1.807, 2.05) is 6.07 Å². The smallest absolute Gasteiger partial charge is 0.290 e. The van der Waals surface area contributed by atoms with Crippen molar-refractivity contribution >= 4 is 29.0 Å². The number of carbonyl (C=O) groups excluding carboxylic acids is 2. The minimum absolute atomic E-state index is 0.0125. The Morgan fingerprint density at radius 3 is 1.97 bits per heavy atom. The molecule has 150 valence electrons. The highest BCUT2D eigenvalue weighted by atomic mass is 16.2. The largest absolute Gasteiger partial charge is 0.379 e. The Balaban J connectivity index is 1.81. The van der Waals surface area contributed by atoms with Crippen molar-refractivity contribution in [2.24, 2.45) is 10.7 Å². The Hall–Kier alpha value is -4.40. The zero-order valence-electron chi connectivity index (χ0n) is 15.9. The van der Waals surface area contributed by atoms with Crippen LogP contribution in [0.1, 0.15) is 5.56 Å². The van der Waals surface area contributed by atoms with Crippen LogP contribution in [0.25, 0.3) is 0 Å². The van der Waals surface area contributed by atoms with E-state index in [1.54, 1.807) is 61.2 Å². The average molecular weight is 401 g/mol. The number of amides is 2. The first kappa shape index (κ1) is 20.3. The number of amidine groups is 1. The second-order valence-electron chi connectivity index (χ2n) is 6.04. The fourth-order valence-electron chi connectivity index (χ4n) is 2.37. The van der Waals surface area contributed by atoms with E-state index in [9.17, 15) is 9.59 Å². The molecule has 3 aromatic rings. The van der Waals surface area contributed by atoms with Gasteiger partial charge in [-0.15, -0.1) is 0 Å². The van der Waals surface area contributed by atoms with Crippen LogP contribution in [0, 0.1) is 0 Å². The van der Waals surface area contributed by atoms with Crippen LogP contribution >= 0.6 is 0 Å². The maximum Gasteiger partial charge on any atom is 0.290 e. The van der Waals surface area contributed by atoms with Crippen LogP contribution in [0.5, 0.6) is 0 Å². The van der Waals surface area contributed by atoms with Crippen LogP contribution < -0.4 is 16.4 Å². The molecule has 0 unspecified atom stereocenters. The minimum Gasteiger partial charge on any atom is -0.379 e. The number of rotatable bonds is 6.